The second kappa shape index (κ2) is 10.5. The summed E-state index contributed by atoms with van der Waals surface area (Å²) in [5, 5.41) is 0.991. The second-order valence-electron chi connectivity index (χ2n) is 8.46. The van der Waals surface area contributed by atoms with Gasteiger partial charge >= 0.3 is 0 Å². The largest absolute Gasteiger partial charge is 0.493 e. The van der Waals surface area contributed by atoms with E-state index in [4.69, 9.17) is 23.9 Å². The van der Waals surface area contributed by atoms with Crippen molar-refractivity contribution < 1.29 is 18.9 Å². The van der Waals surface area contributed by atoms with Crippen LogP contribution >= 0.6 is 0 Å². The summed E-state index contributed by atoms with van der Waals surface area (Å²) in [6.07, 6.45) is 2.69. The number of fused-ring (bicyclic) bond motifs is 1. The number of hydrogen-bond donors (Lipinski definition) is 0. The van der Waals surface area contributed by atoms with E-state index >= 15 is 0 Å². The molecule has 34 heavy (non-hydrogen) atoms. The SMILES string of the molecule is Cc1c(COc2cc(OCCC3COC3)ccn2)nc2ccccc2c1OCc1ccccc1. The standard InChI is InChI=1S/C28H28N2O4/c1-20-26(19-33-27-15-23(11-13-29-27)32-14-12-22-16-31-17-22)30-25-10-6-5-9-24(25)28(20)34-18-21-7-3-2-4-8-21/h2-11,13,15,22H,12,14,16-19H2,1H3. The summed E-state index contributed by atoms with van der Waals surface area (Å²) in [4.78, 5) is 9.17. The first-order valence-corrected chi connectivity index (χ1v) is 11.6. The summed E-state index contributed by atoms with van der Waals surface area (Å²) in [5.74, 6) is 2.70. The summed E-state index contributed by atoms with van der Waals surface area (Å²) in [5.41, 5.74) is 3.77. The van der Waals surface area contributed by atoms with Gasteiger partial charge in [-0.25, -0.2) is 9.97 Å². The highest BCUT2D eigenvalue weighted by Crippen LogP contribution is 2.31. The third kappa shape index (κ3) is 5.29. The van der Waals surface area contributed by atoms with Crippen LogP contribution in [0.5, 0.6) is 17.4 Å². The zero-order valence-electron chi connectivity index (χ0n) is 19.3. The number of pyridine rings is 2. The van der Waals surface area contributed by atoms with Gasteiger partial charge in [-0.1, -0.05) is 42.5 Å². The van der Waals surface area contributed by atoms with Crippen LogP contribution in [0.15, 0.2) is 72.9 Å². The third-order valence-electron chi connectivity index (χ3n) is 5.97. The highest BCUT2D eigenvalue weighted by atomic mass is 16.5. The lowest BCUT2D eigenvalue weighted by atomic mass is 10.1. The maximum Gasteiger partial charge on any atom is 0.217 e. The van der Waals surface area contributed by atoms with Crippen molar-refractivity contribution in [2.45, 2.75) is 26.6 Å². The lowest BCUT2D eigenvalue weighted by Gasteiger charge is -2.25. The van der Waals surface area contributed by atoms with Crippen molar-refractivity contribution in [1.29, 1.82) is 0 Å². The Morgan fingerprint density at radius 3 is 2.56 bits per heavy atom. The van der Waals surface area contributed by atoms with Crippen LogP contribution in [0, 0.1) is 12.8 Å². The summed E-state index contributed by atoms with van der Waals surface area (Å²) >= 11 is 0. The molecule has 1 fully saturated rings. The van der Waals surface area contributed by atoms with Gasteiger partial charge in [0.1, 0.15) is 24.7 Å². The maximum atomic E-state index is 6.29. The number of aromatic nitrogens is 2. The van der Waals surface area contributed by atoms with Crippen LogP contribution in [0.2, 0.25) is 0 Å². The van der Waals surface area contributed by atoms with Gasteiger partial charge in [-0.3, -0.25) is 0 Å². The minimum atomic E-state index is 0.286. The van der Waals surface area contributed by atoms with Crippen LogP contribution < -0.4 is 14.2 Å². The average molecular weight is 457 g/mol. The zero-order chi connectivity index (χ0) is 23.2. The zero-order valence-corrected chi connectivity index (χ0v) is 19.3. The molecule has 2 aromatic carbocycles. The Labute approximate surface area is 199 Å². The fourth-order valence-electron chi connectivity index (χ4n) is 3.88. The molecule has 174 valence electrons. The maximum absolute atomic E-state index is 6.29. The summed E-state index contributed by atoms with van der Waals surface area (Å²) in [6.45, 7) is 5.13. The lowest BCUT2D eigenvalue weighted by molar-refractivity contribution is -0.0401. The first-order chi connectivity index (χ1) is 16.8. The van der Waals surface area contributed by atoms with E-state index in [1.807, 2.05) is 61.5 Å². The fourth-order valence-corrected chi connectivity index (χ4v) is 3.88. The van der Waals surface area contributed by atoms with Gasteiger partial charge in [0, 0.05) is 29.1 Å². The molecular weight excluding hydrogens is 428 g/mol. The number of para-hydroxylation sites is 1. The molecule has 2 aromatic heterocycles. The molecule has 0 spiro atoms. The predicted octanol–water partition coefficient (Wildman–Crippen LogP) is 5.51. The van der Waals surface area contributed by atoms with E-state index < -0.39 is 0 Å². The molecule has 1 aliphatic heterocycles. The number of ether oxygens (including phenoxy) is 4. The Balaban J connectivity index is 1.29. The van der Waals surface area contributed by atoms with E-state index in [0.29, 0.717) is 25.0 Å². The molecular formula is C28H28N2O4. The number of hydrogen-bond acceptors (Lipinski definition) is 6. The molecule has 1 saturated heterocycles. The molecule has 0 atom stereocenters. The molecule has 0 amide bonds. The molecule has 5 rings (SSSR count). The molecule has 3 heterocycles. The normalized spacial score (nSPS) is 13.4. The molecule has 4 aromatic rings. The minimum Gasteiger partial charge on any atom is -0.493 e. The van der Waals surface area contributed by atoms with Crippen molar-refractivity contribution in [2.75, 3.05) is 19.8 Å². The Morgan fingerprint density at radius 1 is 0.912 bits per heavy atom. The monoisotopic (exact) mass is 456 g/mol. The van der Waals surface area contributed by atoms with Gasteiger partial charge in [-0.05, 0) is 37.1 Å². The molecule has 6 heteroatoms. The van der Waals surface area contributed by atoms with Crippen LogP contribution in [0.1, 0.15) is 23.2 Å². The number of rotatable bonds is 10. The van der Waals surface area contributed by atoms with E-state index in [1.165, 1.54) is 0 Å². The Morgan fingerprint density at radius 2 is 1.74 bits per heavy atom. The van der Waals surface area contributed by atoms with Gasteiger partial charge in [0.2, 0.25) is 5.88 Å². The molecule has 1 aliphatic rings. The molecule has 0 bridgehead atoms. The Kier molecular flexibility index (Phi) is 6.86. The molecule has 0 N–H and O–H groups in total. The van der Waals surface area contributed by atoms with Crippen molar-refractivity contribution in [1.82, 2.24) is 9.97 Å². The second-order valence-corrected chi connectivity index (χ2v) is 8.46. The van der Waals surface area contributed by atoms with E-state index in [-0.39, 0.29) is 6.61 Å². The predicted molar refractivity (Wildman–Crippen MR) is 130 cm³/mol. The quantitative estimate of drug-likeness (QED) is 0.314. The number of benzene rings is 2. The Hall–Kier alpha value is -3.64. The van der Waals surface area contributed by atoms with Gasteiger partial charge in [-0.2, -0.15) is 0 Å². The first kappa shape index (κ1) is 22.2. The third-order valence-corrected chi connectivity index (χ3v) is 5.97. The van der Waals surface area contributed by atoms with Crippen LogP contribution in [0.4, 0.5) is 0 Å². The molecule has 0 unspecified atom stereocenters. The van der Waals surface area contributed by atoms with Gasteiger partial charge < -0.3 is 18.9 Å². The van der Waals surface area contributed by atoms with Gasteiger partial charge in [0.25, 0.3) is 0 Å². The Bertz CT molecular complexity index is 1240. The van der Waals surface area contributed by atoms with Crippen molar-refractivity contribution in [3.8, 4) is 17.4 Å². The van der Waals surface area contributed by atoms with E-state index in [9.17, 15) is 0 Å². The van der Waals surface area contributed by atoms with Crippen LogP contribution in [0.25, 0.3) is 10.9 Å². The average Bonchev–Trinajstić information content (AvgIpc) is 2.85. The van der Waals surface area contributed by atoms with Crippen molar-refractivity contribution in [3.63, 3.8) is 0 Å². The van der Waals surface area contributed by atoms with Crippen LogP contribution in [-0.2, 0) is 18.0 Å². The first-order valence-electron chi connectivity index (χ1n) is 11.6. The van der Waals surface area contributed by atoms with Crippen molar-refractivity contribution >= 4 is 10.9 Å². The summed E-state index contributed by atoms with van der Waals surface area (Å²) in [7, 11) is 0. The fraction of sp³-hybridized carbons (Fsp3) is 0.286. The van der Waals surface area contributed by atoms with E-state index in [2.05, 4.69) is 17.1 Å². The topological polar surface area (TPSA) is 62.7 Å². The molecule has 0 radical (unpaired) electrons. The molecule has 0 aliphatic carbocycles. The van der Waals surface area contributed by atoms with Gasteiger partial charge in [-0.15, -0.1) is 0 Å². The molecule has 0 saturated carbocycles. The van der Waals surface area contributed by atoms with E-state index in [0.717, 1.165) is 58.9 Å². The summed E-state index contributed by atoms with van der Waals surface area (Å²) in [6, 6.07) is 21.8. The van der Waals surface area contributed by atoms with Gasteiger partial charge in [0.05, 0.1) is 31.0 Å². The molecule has 6 nitrogen and oxygen atoms in total. The van der Waals surface area contributed by atoms with Crippen molar-refractivity contribution in [3.05, 3.63) is 89.7 Å². The summed E-state index contributed by atoms with van der Waals surface area (Å²) < 4.78 is 23.4. The highest BCUT2D eigenvalue weighted by Gasteiger charge is 2.18. The minimum absolute atomic E-state index is 0.286. The van der Waals surface area contributed by atoms with Crippen molar-refractivity contribution in [2.24, 2.45) is 5.92 Å². The van der Waals surface area contributed by atoms with Crippen LogP contribution in [-0.4, -0.2) is 29.8 Å². The van der Waals surface area contributed by atoms with Crippen LogP contribution in [0.3, 0.4) is 0 Å². The lowest BCUT2D eigenvalue weighted by Crippen LogP contribution is -2.28. The highest BCUT2D eigenvalue weighted by molar-refractivity contribution is 5.86. The smallest absolute Gasteiger partial charge is 0.217 e. The number of nitrogens with zero attached hydrogens (tertiary/aromatic N) is 2. The van der Waals surface area contributed by atoms with E-state index in [1.54, 1.807) is 6.20 Å². The van der Waals surface area contributed by atoms with Gasteiger partial charge in [0.15, 0.2) is 0 Å².